The number of halogens is 1. The van der Waals surface area contributed by atoms with Crippen LogP contribution in [0.1, 0.15) is 13.3 Å². The van der Waals surface area contributed by atoms with E-state index in [4.69, 9.17) is 5.73 Å². The first kappa shape index (κ1) is 14.1. The molecule has 0 unspecified atom stereocenters. The van der Waals surface area contributed by atoms with Crippen LogP contribution in [-0.2, 0) is 10.0 Å². The number of nitrogens with two attached hydrogens (primary N) is 1. The van der Waals surface area contributed by atoms with Gasteiger partial charge in [0.1, 0.15) is 5.82 Å². The van der Waals surface area contributed by atoms with Gasteiger partial charge in [-0.15, -0.1) is 0 Å². The maximum atomic E-state index is 12.7. The van der Waals surface area contributed by atoms with Crippen molar-refractivity contribution in [3.05, 3.63) is 30.1 Å². The predicted octanol–water partition coefficient (Wildman–Crippen LogP) is 1.19. The molecule has 0 aromatic heterocycles. The molecule has 0 bridgehead atoms. The van der Waals surface area contributed by atoms with Crippen LogP contribution in [-0.4, -0.2) is 32.4 Å². The van der Waals surface area contributed by atoms with Gasteiger partial charge in [0.2, 0.25) is 10.0 Å². The second kappa shape index (κ2) is 6.09. The van der Waals surface area contributed by atoms with Crippen molar-refractivity contribution >= 4 is 10.0 Å². The highest BCUT2D eigenvalue weighted by atomic mass is 32.2. The van der Waals surface area contributed by atoms with E-state index in [0.717, 1.165) is 12.1 Å². The van der Waals surface area contributed by atoms with Crippen molar-refractivity contribution in [2.75, 3.05) is 19.6 Å². The van der Waals surface area contributed by atoms with E-state index in [1.54, 1.807) is 0 Å². The molecule has 0 atom stereocenters. The summed E-state index contributed by atoms with van der Waals surface area (Å²) in [5.41, 5.74) is 5.39. The van der Waals surface area contributed by atoms with E-state index in [0.29, 0.717) is 13.0 Å². The van der Waals surface area contributed by atoms with Crippen molar-refractivity contribution in [2.24, 2.45) is 5.73 Å². The smallest absolute Gasteiger partial charge is 0.243 e. The molecule has 0 aliphatic carbocycles. The van der Waals surface area contributed by atoms with Gasteiger partial charge in [0.15, 0.2) is 0 Å². The maximum Gasteiger partial charge on any atom is 0.243 e. The molecule has 0 spiro atoms. The Bertz CT molecular complexity index is 439. The maximum absolute atomic E-state index is 12.7. The normalized spacial score (nSPS) is 12.0. The Balaban J connectivity index is 3.02. The van der Waals surface area contributed by atoms with Crippen molar-refractivity contribution < 1.29 is 12.8 Å². The molecule has 0 saturated heterocycles. The number of sulfonamides is 1. The van der Waals surface area contributed by atoms with E-state index < -0.39 is 15.8 Å². The summed E-state index contributed by atoms with van der Waals surface area (Å²) in [6, 6.07) is 4.81. The highest BCUT2D eigenvalue weighted by molar-refractivity contribution is 7.89. The van der Waals surface area contributed by atoms with Gasteiger partial charge < -0.3 is 5.73 Å². The van der Waals surface area contributed by atoms with Crippen LogP contribution in [0, 0.1) is 5.82 Å². The minimum absolute atomic E-state index is 0.0980. The Kier molecular flexibility index (Phi) is 5.04. The van der Waals surface area contributed by atoms with Crippen LogP contribution in [0.4, 0.5) is 4.39 Å². The fourth-order valence-corrected chi connectivity index (χ4v) is 3.05. The second-order valence-electron chi connectivity index (χ2n) is 3.65. The molecular weight excluding hydrogens is 243 g/mol. The third-order valence-electron chi connectivity index (χ3n) is 2.30. The van der Waals surface area contributed by atoms with E-state index >= 15 is 0 Å². The number of nitrogens with zero attached hydrogens (tertiary/aromatic N) is 1. The van der Waals surface area contributed by atoms with Gasteiger partial charge >= 0.3 is 0 Å². The first-order chi connectivity index (χ1) is 8.02. The summed E-state index contributed by atoms with van der Waals surface area (Å²) in [6.07, 6.45) is 0.709. The topological polar surface area (TPSA) is 63.4 Å². The van der Waals surface area contributed by atoms with Crippen LogP contribution in [0.15, 0.2) is 29.2 Å². The van der Waals surface area contributed by atoms with Crippen LogP contribution < -0.4 is 5.73 Å². The predicted molar refractivity (Wildman–Crippen MR) is 64.5 cm³/mol. The fraction of sp³-hybridized carbons (Fsp3) is 0.455. The Morgan fingerprint density at radius 3 is 2.29 bits per heavy atom. The Labute approximate surface area is 101 Å². The molecule has 2 N–H and O–H groups in total. The number of hydrogen-bond acceptors (Lipinski definition) is 3. The molecule has 0 amide bonds. The zero-order valence-corrected chi connectivity index (χ0v) is 10.6. The summed E-state index contributed by atoms with van der Waals surface area (Å²) in [6.45, 7) is 2.84. The minimum Gasteiger partial charge on any atom is -0.329 e. The summed E-state index contributed by atoms with van der Waals surface area (Å²) < 4.78 is 38.4. The molecule has 1 aromatic rings. The molecule has 4 nitrogen and oxygen atoms in total. The molecule has 17 heavy (non-hydrogen) atoms. The molecular formula is C11H17FN2O2S. The average molecular weight is 260 g/mol. The van der Waals surface area contributed by atoms with Crippen LogP contribution in [0.3, 0.4) is 0 Å². The van der Waals surface area contributed by atoms with Gasteiger partial charge in [-0.3, -0.25) is 0 Å². The standard InChI is InChI=1S/C11H17FN2O2S/c1-2-8-14(9-7-13)17(15,16)11-5-3-10(12)4-6-11/h3-6H,2,7-9,13H2,1H3. The quantitative estimate of drug-likeness (QED) is 0.835. The first-order valence-corrected chi connectivity index (χ1v) is 6.92. The number of hydrogen-bond donors (Lipinski definition) is 1. The zero-order valence-electron chi connectivity index (χ0n) is 9.77. The van der Waals surface area contributed by atoms with Crippen LogP contribution in [0.25, 0.3) is 0 Å². The largest absolute Gasteiger partial charge is 0.329 e. The third-order valence-corrected chi connectivity index (χ3v) is 4.22. The Hall–Kier alpha value is -0.980. The van der Waals surface area contributed by atoms with Gasteiger partial charge in [-0.05, 0) is 30.7 Å². The van der Waals surface area contributed by atoms with E-state index in [1.165, 1.54) is 16.4 Å². The molecule has 6 heteroatoms. The van der Waals surface area contributed by atoms with Crippen molar-refractivity contribution in [2.45, 2.75) is 18.2 Å². The van der Waals surface area contributed by atoms with Gasteiger partial charge in [0, 0.05) is 19.6 Å². The van der Waals surface area contributed by atoms with Gasteiger partial charge in [-0.25, -0.2) is 12.8 Å². The molecule has 0 aliphatic rings. The molecule has 1 rings (SSSR count). The number of rotatable bonds is 6. The second-order valence-corrected chi connectivity index (χ2v) is 5.58. The monoisotopic (exact) mass is 260 g/mol. The lowest BCUT2D eigenvalue weighted by molar-refractivity contribution is 0.418. The molecule has 1 aromatic carbocycles. The van der Waals surface area contributed by atoms with Gasteiger partial charge in [0.05, 0.1) is 4.90 Å². The fourth-order valence-electron chi connectivity index (χ4n) is 1.50. The lowest BCUT2D eigenvalue weighted by Crippen LogP contribution is -2.35. The minimum atomic E-state index is -3.56. The summed E-state index contributed by atoms with van der Waals surface area (Å²) in [7, 11) is -3.56. The summed E-state index contributed by atoms with van der Waals surface area (Å²) >= 11 is 0. The van der Waals surface area contributed by atoms with Gasteiger partial charge in [-0.2, -0.15) is 4.31 Å². The highest BCUT2D eigenvalue weighted by Gasteiger charge is 2.22. The molecule has 0 radical (unpaired) electrons. The molecule has 0 aliphatic heterocycles. The third kappa shape index (κ3) is 3.49. The van der Waals surface area contributed by atoms with E-state index in [9.17, 15) is 12.8 Å². The van der Waals surface area contributed by atoms with Crippen LogP contribution >= 0.6 is 0 Å². The zero-order chi connectivity index (χ0) is 12.9. The van der Waals surface area contributed by atoms with Crippen molar-refractivity contribution in [3.63, 3.8) is 0 Å². The highest BCUT2D eigenvalue weighted by Crippen LogP contribution is 2.16. The van der Waals surface area contributed by atoms with E-state index in [-0.39, 0.29) is 18.0 Å². The molecule has 0 heterocycles. The molecule has 96 valence electrons. The Morgan fingerprint density at radius 1 is 1.24 bits per heavy atom. The van der Waals surface area contributed by atoms with E-state index in [2.05, 4.69) is 0 Å². The lowest BCUT2D eigenvalue weighted by atomic mass is 10.4. The SMILES string of the molecule is CCCN(CCN)S(=O)(=O)c1ccc(F)cc1. The van der Waals surface area contributed by atoms with Gasteiger partial charge in [0.25, 0.3) is 0 Å². The summed E-state index contributed by atoms with van der Waals surface area (Å²) in [5, 5.41) is 0. The van der Waals surface area contributed by atoms with Gasteiger partial charge in [-0.1, -0.05) is 6.92 Å². The van der Waals surface area contributed by atoms with Crippen molar-refractivity contribution in [3.8, 4) is 0 Å². The summed E-state index contributed by atoms with van der Waals surface area (Å²) in [4.78, 5) is 0.0980. The Morgan fingerprint density at radius 2 is 1.82 bits per heavy atom. The van der Waals surface area contributed by atoms with Crippen LogP contribution in [0.2, 0.25) is 0 Å². The van der Waals surface area contributed by atoms with E-state index in [1.807, 2.05) is 6.92 Å². The van der Waals surface area contributed by atoms with Crippen LogP contribution in [0.5, 0.6) is 0 Å². The molecule has 0 fully saturated rings. The number of benzene rings is 1. The van der Waals surface area contributed by atoms with Crippen molar-refractivity contribution in [1.82, 2.24) is 4.31 Å². The first-order valence-electron chi connectivity index (χ1n) is 5.48. The lowest BCUT2D eigenvalue weighted by Gasteiger charge is -2.20. The summed E-state index contributed by atoms with van der Waals surface area (Å²) in [5.74, 6) is -0.454. The molecule has 0 saturated carbocycles. The van der Waals surface area contributed by atoms with Crippen molar-refractivity contribution in [1.29, 1.82) is 0 Å². The average Bonchev–Trinajstić information content (AvgIpc) is 2.29.